The average molecular weight is 434 g/mol. The lowest BCUT2D eigenvalue weighted by molar-refractivity contribution is -0.131. The number of carbonyl (C=O) groups is 3. The van der Waals surface area contributed by atoms with Crippen molar-refractivity contribution in [1.29, 1.82) is 5.26 Å². The van der Waals surface area contributed by atoms with Gasteiger partial charge in [0.25, 0.3) is 0 Å². The van der Waals surface area contributed by atoms with Crippen LogP contribution in [0.25, 0.3) is 0 Å². The van der Waals surface area contributed by atoms with Crippen LogP contribution in [0.5, 0.6) is 0 Å². The number of hydrogen-bond donors (Lipinski definition) is 2. The van der Waals surface area contributed by atoms with Crippen LogP contribution in [0, 0.1) is 17.2 Å². The number of amides is 3. The van der Waals surface area contributed by atoms with Gasteiger partial charge in [-0.05, 0) is 22.6 Å². The fraction of sp³-hybridized carbons (Fsp3) is 0.333. The standard InChI is InChI=1S/C24H26N4O4/c1-16(11-12-25)21(22(26)29)27-23(30)20-13-18-9-5-6-10-19(18)14-28(20)24(31)32-15-17-7-3-2-4-8-17/h2-10,16,20-21H,11,13-15H2,1H3,(H2,26,29)(H,27,30)/t16-,20+,21+/m1/s1. The smallest absolute Gasteiger partial charge is 0.411 e. The van der Waals surface area contributed by atoms with E-state index in [1.165, 1.54) is 4.90 Å². The fourth-order valence-electron chi connectivity index (χ4n) is 3.76. The van der Waals surface area contributed by atoms with E-state index in [4.69, 9.17) is 15.7 Å². The largest absolute Gasteiger partial charge is 0.445 e. The quantitative estimate of drug-likeness (QED) is 0.691. The summed E-state index contributed by atoms with van der Waals surface area (Å²) in [4.78, 5) is 39.4. The van der Waals surface area contributed by atoms with Crippen LogP contribution >= 0.6 is 0 Å². The maximum Gasteiger partial charge on any atom is 0.411 e. The third-order valence-electron chi connectivity index (χ3n) is 5.58. The van der Waals surface area contributed by atoms with Gasteiger partial charge < -0.3 is 15.8 Å². The molecule has 166 valence electrons. The van der Waals surface area contributed by atoms with E-state index in [1.54, 1.807) is 6.92 Å². The molecule has 0 radical (unpaired) electrons. The van der Waals surface area contributed by atoms with Gasteiger partial charge in [0, 0.05) is 12.8 Å². The topological polar surface area (TPSA) is 126 Å². The molecule has 0 aromatic heterocycles. The summed E-state index contributed by atoms with van der Waals surface area (Å²) in [5.74, 6) is -1.70. The molecule has 1 aliphatic rings. The molecule has 0 spiro atoms. The normalized spacial score (nSPS) is 16.8. The lowest BCUT2D eigenvalue weighted by Gasteiger charge is -2.36. The van der Waals surface area contributed by atoms with Crippen LogP contribution in [-0.4, -0.2) is 34.9 Å². The Morgan fingerprint density at radius 3 is 2.47 bits per heavy atom. The molecule has 1 aliphatic heterocycles. The Balaban J connectivity index is 1.79. The van der Waals surface area contributed by atoms with Crippen molar-refractivity contribution in [3.63, 3.8) is 0 Å². The van der Waals surface area contributed by atoms with Crippen molar-refractivity contribution < 1.29 is 19.1 Å². The molecular formula is C24H26N4O4. The van der Waals surface area contributed by atoms with Crippen LogP contribution in [0.1, 0.15) is 30.0 Å². The van der Waals surface area contributed by atoms with Gasteiger partial charge in [0.05, 0.1) is 12.6 Å². The number of rotatable bonds is 7. The summed E-state index contributed by atoms with van der Waals surface area (Å²) >= 11 is 0. The van der Waals surface area contributed by atoms with Crippen LogP contribution in [0.15, 0.2) is 54.6 Å². The number of ether oxygens (including phenoxy) is 1. The molecular weight excluding hydrogens is 408 g/mol. The molecule has 3 atom stereocenters. The summed E-state index contributed by atoms with van der Waals surface area (Å²) in [5.41, 5.74) is 8.17. The van der Waals surface area contributed by atoms with E-state index in [0.29, 0.717) is 0 Å². The van der Waals surface area contributed by atoms with Crippen molar-refractivity contribution in [1.82, 2.24) is 10.2 Å². The highest BCUT2D eigenvalue weighted by Crippen LogP contribution is 2.25. The summed E-state index contributed by atoms with van der Waals surface area (Å²) in [6, 6.07) is 16.9. The molecule has 0 unspecified atom stereocenters. The van der Waals surface area contributed by atoms with Gasteiger partial charge in [0.1, 0.15) is 18.7 Å². The second-order valence-electron chi connectivity index (χ2n) is 7.88. The highest BCUT2D eigenvalue weighted by Gasteiger charge is 2.37. The Morgan fingerprint density at radius 1 is 1.16 bits per heavy atom. The molecule has 8 heteroatoms. The molecule has 1 heterocycles. The van der Waals surface area contributed by atoms with Crippen molar-refractivity contribution in [2.24, 2.45) is 11.7 Å². The van der Waals surface area contributed by atoms with Crippen LogP contribution in [0.3, 0.4) is 0 Å². The minimum Gasteiger partial charge on any atom is -0.445 e. The Bertz CT molecular complexity index is 1020. The first-order valence-electron chi connectivity index (χ1n) is 10.4. The highest BCUT2D eigenvalue weighted by molar-refractivity contribution is 5.91. The number of hydrogen-bond acceptors (Lipinski definition) is 5. The van der Waals surface area contributed by atoms with E-state index in [0.717, 1.165) is 16.7 Å². The van der Waals surface area contributed by atoms with Gasteiger partial charge in [-0.1, -0.05) is 61.5 Å². The van der Waals surface area contributed by atoms with Crippen molar-refractivity contribution in [3.05, 3.63) is 71.3 Å². The van der Waals surface area contributed by atoms with Gasteiger partial charge in [-0.25, -0.2) is 4.79 Å². The van der Waals surface area contributed by atoms with E-state index < -0.39 is 35.9 Å². The molecule has 3 rings (SSSR count). The molecule has 0 saturated carbocycles. The average Bonchev–Trinajstić information content (AvgIpc) is 2.80. The molecule has 32 heavy (non-hydrogen) atoms. The highest BCUT2D eigenvalue weighted by atomic mass is 16.6. The fourth-order valence-corrected chi connectivity index (χ4v) is 3.76. The number of nitrogens with two attached hydrogens (primary N) is 1. The summed E-state index contributed by atoms with van der Waals surface area (Å²) in [6.07, 6.45) is -0.283. The third-order valence-corrected chi connectivity index (χ3v) is 5.58. The minimum atomic E-state index is -1.01. The minimum absolute atomic E-state index is 0.0597. The molecule has 0 bridgehead atoms. The van der Waals surface area contributed by atoms with Crippen molar-refractivity contribution >= 4 is 17.9 Å². The van der Waals surface area contributed by atoms with E-state index in [2.05, 4.69) is 5.32 Å². The molecule has 8 nitrogen and oxygen atoms in total. The monoisotopic (exact) mass is 434 g/mol. The van der Waals surface area contributed by atoms with Crippen molar-refractivity contribution in [2.75, 3.05) is 0 Å². The number of benzene rings is 2. The molecule has 0 aliphatic carbocycles. The van der Waals surface area contributed by atoms with E-state index in [1.807, 2.05) is 60.7 Å². The van der Waals surface area contributed by atoms with E-state index in [-0.39, 0.29) is 26.0 Å². The Morgan fingerprint density at radius 2 is 1.81 bits per heavy atom. The lowest BCUT2D eigenvalue weighted by Crippen LogP contribution is -2.57. The summed E-state index contributed by atoms with van der Waals surface area (Å²) in [5, 5.41) is 11.6. The number of nitrogens with zero attached hydrogens (tertiary/aromatic N) is 2. The number of carbonyl (C=O) groups excluding carboxylic acids is 3. The zero-order valence-corrected chi connectivity index (χ0v) is 17.9. The third kappa shape index (κ3) is 5.43. The molecule has 0 saturated heterocycles. The number of nitriles is 1. The first-order chi connectivity index (χ1) is 15.4. The molecule has 0 fully saturated rings. The second kappa shape index (κ2) is 10.4. The van der Waals surface area contributed by atoms with Gasteiger partial charge in [-0.15, -0.1) is 0 Å². The van der Waals surface area contributed by atoms with Crippen LogP contribution in [0.4, 0.5) is 4.79 Å². The first-order valence-corrected chi connectivity index (χ1v) is 10.4. The van der Waals surface area contributed by atoms with Gasteiger partial charge >= 0.3 is 6.09 Å². The van der Waals surface area contributed by atoms with E-state index >= 15 is 0 Å². The maximum absolute atomic E-state index is 13.2. The van der Waals surface area contributed by atoms with Gasteiger partial charge in [0.15, 0.2) is 0 Å². The van der Waals surface area contributed by atoms with Crippen LogP contribution in [0.2, 0.25) is 0 Å². The van der Waals surface area contributed by atoms with Crippen LogP contribution in [-0.2, 0) is 33.9 Å². The second-order valence-corrected chi connectivity index (χ2v) is 7.88. The molecule has 2 aromatic carbocycles. The van der Waals surface area contributed by atoms with Crippen molar-refractivity contribution in [2.45, 2.75) is 45.0 Å². The Kier molecular flexibility index (Phi) is 7.45. The Labute approximate surface area is 187 Å². The van der Waals surface area contributed by atoms with E-state index in [9.17, 15) is 14.4 Å². The van der Waals surface area contributed by atoms with Gasteiger partial charge in [-0.2, -0.15) is 5.26 Å². The SMILES string of the molecule is C[C@H](CC#N)[C@H](NC(=O)[C@@H]1Cc2ccccc2CN1C(=O)OCc1ccccc1)C(N)=O. The lowest BCUT2D eigenvalue weighted by atomic mass is 9.92. The Hall–Kier alpha value is -3.86. The van der Waals surface area contributed by atoms with Gasteiger partial charge in [0.2, 0.25) is 11.8 Å². The van der Waals surface area contributed by atoms with Crippen molar-refractivity contribution in [3.8, 4) is 6.07 Å². The predicted octanol–water partition coefficient (Wildman–Crippen LogP) is 2.27. The number of nitrogens with one attached hydrogen (secondary N) is 1. The zero-order chi connectivity index (χ0) is 23.1. The molecule has 2 aromatic rings. The maximum atomic E-state index is 13.2. The molecule has 3 amide bonds. The summed E-state index contributed by atoms with van der Waals surface area (Å²) in [6.45, 7) is 1.95. The number of primary amides is 1. The zero-order valence-electron chi connectivity index (χ0n) is 17.9. The van der Waals surface area contributed by atoms with Gasteiger partial charge in [-0.3, -0.25) is 14.5 Å². The molecule has 3 N–H and O–H groups in total. The number of fused-ring (bicyclic) bond motifs is 1. The van der Waals surface area contributed by atoms with Crippen LogP contribution < -0.4 is 11.1 Å². The first kappa shape index (κ1) is 22.8. The predicted molar refractivity (Wildman–Crippen MR) is 117 cm³/mol. The summed E-state index contributed by atoms with van der Waals surface area (Å²) in [7, 11) is 0. The summed E-state index contributed by atoms with van der Waals surface area (Å²) < 4.78 is 5.47.